The molecular weight excluding hydrogens is 316 g/mol. The number of para-hydroxylation sites is 2. The zero-order valence-corrected chi connectivity index (χ0v) is 14.4. The summed E-state index contributed by atoms with van der Waals surface area (Å²) in [6.07, 6.45) is 0.0752. The molecule has 2 N–H and O–H groups in total. The van der Waals surface area contributed by atoms with Crippen molar-refractivity contribution in [1.82, 2.24) is 0 Å². The molecule has 0 radical (unpaired) electrons. The molecule has 0 saturated heterocycles. The van der Waals surface area contributed by atoms with Gasteiger partial charge in [-0.15, -0.1) is 0 Å². The van der Waals surface area contributed by atoms with E-state index in [9.17, 15) is 9.59 Å². The molecular formula is C20H22N2O3. The van der Waals surface area contributed by atoms with Gasteiger partial charge in [-0.3, -0.25) is 9.59 Å². The highest BCUT2D eigenvalue weighted by molar-refractivity contribution is 5.99. The molecule has 0 saturated carbocycles. The lowest BCUT2D eigenvalue weighted by Gasteiger charge is -2.13. The van der Waals surface area contributed by atoms with Crippen LogP contribution in [-0.4, -0.2) is 18.4 Å². The van der Waals surface area contributed by atoms with Crippen LogP contribution in [-0.2, 0) is 9.59 Å². The summed E-state index contributed by atoms with van der Waals surface area (Å²) in [6, 6.07) is 15.0. The minimum atomic E-state index is -0.526. The Kier molecular flexibility index (Phi) is 5.03. The Labute approximate surface area is 147 Å². The van der Waals surface area contributed by atoms with Crippen LogP contribution in [0.4, 0.5) is 11.4 Å². The number of carbonyl (C=O) groups excluding carboxylic acids is 2. The number of ether oxygens (including phenoxy) is 1. The lowest BCUT2D eigenvalue weighted by Crippen LogP contribution is -2.29. The molecule has 2 amide bonds. The normalized spacial score (nSPS) is 16.4. The molecule has 2 aromatic carbocycles. The number of hydrogen-bond acceptors (Lipinski definition) is 3. The summed E-state index contributed by atoms with van der Waals surface area (Å²) in [7, 11) is 0. The van der Waals surface area contributed by atoms with Gasteiger partial charge in [-0.25, -0.2) is 0 Å². The highest BCUT2D eigenvalue weighted by atomic mass is 16.5. The van der Waals surface area contributed by atoms with Crippen molar-refractivity contribution >= 4 is 23.2 Å². The van der Waals surface area contributed by atoms with E-state index in [2.05, 4.69) is 24.5 Å². The first-order chi connectivity index (χ1) is 12.0. The van der Waals surface area contributed by atoms with Crippen molar-refractivity contribution < 1.29 is 14.3 Å². The Balaban J connectivity index is 1.60. The summed E-state index contributed by atoms with van der Waals surface area (Å²) < 4.78 is 5.66. The van der Waals surface area contributed by atoms with Crippen LogP contribution in [0.1, 0.15) is 31.7 Å². The Bertz CT molecular complexity index is 769. The van der Waals surface area contributed by atoms with Crippen molar-refractivity contribution in [3.8, 4) is 5.75 Å². The van der Waals surface area contributed by atoms with Gasteiger partial charge < -0.3 is 15.4 Å². The number of anilines is 2. The van der Waals surface area contributed by atoms with E-state index in [-0.39, 0.29) is 24.8 Å². The number of rotatable bonds is 4. The Morgan fingerprint density at radius 2 is 1.92 bits per heavy atom. The summed E-state index contributed by atoms with van der Waals surface area (Å²) in [5, 5.41) is 5.66. The number of amides is 2. The SMILES string of the molecule is CC(C)c1ccc(NC(=O)CC2COc3ccccc3NC2=O)cc1. The lowest BCUT2D eigenvalue weighted by atomic mass is 10.0. The van der Waals surface area contributed by atoms with Gasteiger partial charge in [-0.05, 0) is 35.7 Å². The van der Waals surface area contributed by atoms with E-state index in [0.717, 1.165) is 5.69 Å². The molecule has 5 nitrogen and oxygen atoms in total. The first kappa shape index (κ1) is 17.0. The van der Waals surface area contributed by atoms with Crippen molar-refractivity contribution in [2.75, 3.05) is 17.2 Å². The maximum Gasteiger partial charge on any atom is 0.231 e. The molecule has 3 rings (SSSR count). The number of fused-ring (bicyclic) bond motifs is 1. The van der Waals surface area contributed by atoms with Gasteiger partial charge >= 0.3 is 0 Å². The third-order valence-corrected chi connectivity index (χ3v) is 4.25. The quantitative estimate of drug-likeness (QED) is 0.891. The molecule has 1 aliphatic rings. The molecule has 130 valence electrons. The Hall–Kier alpha value is -2.82. The van der Waals surface area contributed by atoms with E-state index in [1.807, 2.05) is 36.4 Å². The van der Waals surface area contributed by atoms with E-state index < -0.39 is 5.92 Å². The van der Waals surface area contributed by atoms with Crippen LogP contribution in [0.2, 0.25) is 0 Å². The summed E-state index contributed by atoms with van der Waals surface area (Å²) in [5.74, 6) is 0.144. The van der Waals surface area contributed by atoms with Gasteiger partial charge in [0.05, 0.1) is 11.6 Å². The number of hydrogen-bond donors (Lipinski definition) is 2. The smallest absolute Gasteiger partial charge is 0.231 e. The fourth-order valence-electron chi connectivity index (χ4n) is 2.74. The predicted octanol–water partition coefficient (Wildman–Crippen LogP) is 3.79. The largest absolute Gasteiger partial charge is 0.491 e. The molecule has 0 aliphatic carbocycles. The molecule has 0 fully saturated rings. The van der Waals surface area contributed by atoms with E-state index in [4.69, 9.17) is 4.74 Å². The van der Waals surface area contributed by atoms with Crippen molar-refractivity contribution in [3.63, 3.8) is 0 Å². The first-order valence-corrected chi connectivity index (χ1v) is 8.45. The minimum Gasteiger partial charge on any atom is -0.491 e. The Morgan fingerprint density at radius 3 is 2.64 bits per heavy atom. The second-order valence-corrected chi connectivity index (χ2v) is 6.52. The fraction of sp³-hybridized carbons (Fsp3) is 0.300. The number of carbonyl (C=O) groups is 2. The first-order valence-electron chi connectivity index (χ1n) is 8.45. The maximum absolute atomic E-state index is 12.3. The molecule has 0 aromatic heterocycles. The van der Waals surface area contributed by atoms with Gasteiger partial charge in [0.15, 0.2) is 0 Å². The molecule has 5 heteroatoms. The van der Waals surface area contributed by atoms with Crippen molar-refractivity contribution in [2.45, 2.75) is 26.2 Å². The molecule has 0 bridgehead atoms. The van der Waals surface area contributed by atoms with E-state index in [1.54, 1.807) is 12.1 Å². The summed E-state index contributed by atoms with van der Waals surface area (Å²) >= 11 is 0. The molecule has 1 heterocycles. The zero-order valence-electron chi connectivity index (χ0n) is 14.4. The van der Waals surface area contributed by atoms with Gasteiger partial charge in [-0.1, -0.05) is 38.1 Å². The van der Waals surface area contributed by atoms with E-state index in [0.29, 0.717) is 17.4 Å². The zero-order chi connectivity index (χ0) is 17.8. The number of nitrogens with one attached hydrogen (secondary N) is 2. The lowest BCUT2D eigenvalue weighted by molar-refractivity contribution is -0.125. The van der Waals surface area contributed by atoms with Gasteiger partial charge in [0.25, 0.3) is 0 Å². The highest BCUT2D eigenvalue weighted by Gasteiger charge is 2.26. The summed E-state index contributed by atoms with van der Waals surface area (Å²) in [4.78, 5) is 24.6. The maximum atomic E-state index is 12.3. The third-order valence-electron chi connectivity index (χ3n) is 4.25. The predicted molar refractivity (Wildman–Crippen MR) is 97.8 cm³/mol. The second-order valence-electron chi connectivity index (χ2n) is 6.52. The van der Waals surface area contributed by atoms with Crippen molar-refractivity contribution in [3.05, 3.63) is 54.1 Å². The number of benzene rings is 2. The van der Waals surface area contributed by atoms with Gasteiger partial charge in [-0.2, -0.15) is 0 Å². The monoisotopic (exact) mass is 338 g/mol. The summed E-state index contributed by atoms with van der Waals surface area (Å²) in [5.41, 5.74) is 2.58. The van der Waals surface area contributed by atoms with Crippen LogP contribution in [0.5, 0.6) is 5.75 Å². The summed E-state index contributed by atoms with van der Waals surface area (Å²) in [6.45, 7) is 4.43. The average Bonchev–Trinajstić information content (AvgIpc) is 2.74. The Morgan fingerprint density at radius 1 is 1.20 bits per heavy atom. The third kappa shape index (κ3) is 4.18. The van der Waals surface area contributed by atoms with Crippen molar-refractivity contribution in [1.29, 1.82) is 0 Å². The molecule has 2 aromatic rings. The minimum absolute atomic E-state index is 0.0752. The van der Waals surface area contributed by atoms with Crippen LogP contribution in [0, 0.1) is 5.92 Å². The van der Waals surface area contributed by atoms with Crippen LogP contribution < -0.4 is 15.4 Å². The van der Waals surface area contributed by atoms with E-state index in [1.165, 1.54) is 5.56 Å². The second kappa shape index (κ2) is 7.38. The highest BCUT2D eigenvalue weighted by Crippen LogP contribution is 2.28. The molecule has 1 aliphatic heterocycles. The molecule has 25 heavy (non-hydrogen) atoms. The van der Waals surface area contributed by atoms with Gasteiger partial charge in [0.2, 0.25) is 11.8 Å². The van der Waals surface area contributed by atoms with E-state index >= 15 is 0 Å². The van der Waals surface area contributed by atoms with Crippen LogP contribution >= 0.6 is 0 Å². The van der Waals surface area contributed by atoms with Gasteiger partial charge in [0, 0.05) is 12.1 Å². The standard InChI is InChI=1S/C20H22N2O3/c1-13(2)14-7-9-16(10-8-14)21-19(23)11-15-12-25-18-6-4-3-5-17(18)22-20(15)24/h3-10,13,15H,11-12H2,1-2H3,(H,21,23)(H,22,24). The van der Waals surface area contributed by atoms with Crippen LogP contribution in [0.15, 0.2) is 48.5 Å². The molecule has 0 spiro atoms. The van der Waals surface area contributed by atoms with Crippen LogP contribution in [0.25, 0.3) is 0 Å². The van der Waals surface area contributed by atoms with Gasteiger partial charge in [0.1, 0.15) is 12.4 Å². The molecule has 1 atom stereocenters. The fourth-order valence-corrected chi connectivity index (χ4v) is 2.74. The molecule has 1 unspecified atom stereocenters. The average molecular weight is 338 g/mol. The van der Waals surface area contributed by atoms with Crippen LogP contribution in [0.3, 0.4) is 0 Å². The van der Waals surface area contributed by atoms with Crippen molar-refractivity contribution in [2.24, 2.45) is 5.92 Å². The topological polar surface area (TPSA) is 67.4 Å².